The van der Waals surface area contributed by atoms with Gasteiger partial charge in [-0.15, -0.1) is 0 Å². The summed E-state index contributed by atoms with van der Waals surface area (Å²) in [6.45, 7) is 2.68. The van der Waals surface area contributed by atoms with Crippen LogP contribution in [0.15, 0.2) is 30.3 Å². The zero-order chi connectivity index (χ0) is 21.7. The molecule has 2 unspecified atom stereocenters. The average Bonchev–Trinajstić information content (AvgIpc) is 2.99. The number of nitrogens with one attached hydrogen (secondary N) is 2. The van der Waals surface area contributed by atoms with Gasteiger partial charge >= 0.3 is 12.0 Å². The zero-order valence-corrected chi connectivity index (χ0v) is 18.3. The Kier molecular flexibility index (Phi) is 7.25. The van der Waals surface area contributed by atoms with E-state index in [0.29, 0.717) is 38.8 Å². The lowest BCUT2D eigenvalue weighted by molar-refractivity contribution is -0.154. The maximum atomic E-state index is 13.1. The molecule has 0 aromatic heterocycles. The monoisotopic (exact) mass is 434 g/mol. The van der Waals surface area contributed by atoms with Gasteiger partial charge in [0.05, 0.1) is 11.7 Å². The topological polar surface area (TPSA) is 102 Å². The Morgan fingerprint density at radius 3 is 2.53 bits per heavy atom. The number of likely N-dealkylation sites (tertiary alicyclic amines) is 1. The average molecular weight is 435 g/mol. The zero-order valence-electron chi connectivity index (χ0n) is 17.5. The van der Waals surface area contributed by atoms with E-state index >= 15 is 0 Å². The van der Waals surface area contributed by atoms with Crippen LogP contribution in [0.3, 0.4) is 0 Å². The van der Waals surface area contributed by atoms with Gasteiger partial charge in [0, 0.05) is 31.6 Å². The number of nitrogens with zero attached hydrogens (tertiary/aromatic N) is 2. The van der Waals surface area contributed by atoms with Crippen LogP contribution in [0, 0.1) is 0 Å². The van der Waals surface area contributed by atoms with Crippen molar-refractivity contribution in [2.24, 2.45) is 0 Å². The van der Waals surface area contributed by atoms with Crippen molar-refractivity contribution in [3.63, 3.8) is 0 Å². The minimum absolute atomic E-state index is 0.138. The van der Waals surface area contributed by atoms with Crippen molar-refractivity contribution in [3.8, 4) is 0 Å². The van der Waals surface area contributed by atoms with Gasteiger partial charge in [-0.25, -0.2) is 9.59 Å². The highest BCUT2D eigenvalue weighted by atomic mass is 32.2. The van der Waals surface area contributed by atoms with Gasteiger partial charge in [-0.1, -0.05) is 25.1 Å². The van der Waals surface area contributed by atoms with Crippen LogP contribution in [0.5, 0.6) is 0 Å². The SMILES string of the molecule is CCC(C(=O)O)N1C(=O)C(CCSC)NC12CCN(C(=O)Nc1ccccc1)CC2. The van der Waals surface area contributed by atoms with Crippen molar-refractivity contribution >= 4 is 35.4 Å². The number of anilines is 1. The van der Waals surface area contributed by atoms with Crippen LogP contribution in [-0.2, 0) is 9.59 Å². The van der Waals surface area contributed by atoms with E-state index in [1.165, 1.54) is 0 Å². The summed E-state index contributed by atoms with van der Waals surface area (Å²) in [4.78, 5) is 41.0. The molecule has 3 rings (SSSR count). The van der Waals surface area contributed by atoms with Gasteiger partial charge in [0.25, 0.3) is 0 Å². The number of aliphatic carboxylic acids is 1. The summed E-state index contributed by atoms with van der Waals surface area (Å²) in [5, 5.41) is 16.1. The lowest BCUT2D eigenvalue weighted by atomic mass is 9.94. The molecule has 1 aromatic rings. The van der Waals surface area contributed by atoms with E-state index in [9.17, 15) is 19.5 Å². The molecule has 2 heterocycles. The first-order valence-electron chi connectivity index (χ1n) is 10.4. The molecular weight excluding hydrogens is 404 g/mol. The fraction of sp³-hybridized carbons (Fsp3) is 0.571. The smallest absolute Gasteiger partial charge is 0.326 e. The van der Waals surface area contributed by atoms with Crippen LogP contribution in [0.2, 0.25) is 0 Å². The van der Waals surface area contributed by atoms with Crippen molar-refractivity contribution in [2.75, 3.05) is 30.4 Å². The van der Waals surface area contributed by atoms with Gasteiger partial charge in [-0.05, 0) is 37.0 Å². The van der Waals surface area contributed by atoms with E-state index in [4.69, 9.17) is 0 Å². The Morgan fingerprint density at radius 1 is 1.30 bits per heavy atom. The highest BCUT2D eigenvalue weighted by molar-refractivity contribution is 7.98. The highest BCUT2D eigenvalue weighted by Gasteiger charge is 2.55. The highest BCUT2D eigenvalue weighted by Crippen LogP contribution is 2.36. The predicted molar refractivity (Wildman–Crippen MR) is 117 cm³/mol. The number of amides is 3. The number of piperidine rings is 1. The lowest BCUT2D eigenvalue weighted by Gasteiger charge is -2.46. The maximum Gasteiger partial charge on any atom is 0.326 e. The molecule has 2 atom stereocenters. The number of thioether (sulfide) groups is 1. The van der Waals surface area contributed by atoms with Crippen LogP contribution in [0.4, 0.5) is 10.5 Å². The number of urea groups is 1. The van der Waals surface area contributed by atoms with Gasteiger partial charge in [-0.3, -0.25) is 10.1 Å². The molecule has 0 radical (unpaired) electrons. The van der Waals surface area contributed by atoms with Crippen LogP contribution in [0.1, 0.15) is 32.6 Å². The predicted octanol–water partition coefficient (Wildman–Crippen LogP) is 2.43. The summed E-state index contributed by atoms with van der Waals surface area (Å²) in [5.74, 6) is -0.301. The molecule has 0 saturated carbocycles. The van der Waals surface area contributed by atoms with Gasteiger partial charge in [0.15, 0.2) is 0 Å². The third-order valence-electron chi connectivity index (χ3n) is 5.94. The van der Waals surface area contributed by atoms with E-state index in [1.54, 1.807) is 28.5 Å². The molecule has 0 bridgehead atoms. The first-order valence-corrected chi connectivity index (χ1v) is 11.7. The molecule has 164 valence electrons. The Labute approximate surface area is 181 Å². The Bertz CT molecular complexity index is 768. The molecule has 2 fully saturated rings. The molecule has 3 amide bonds. The number of carbonyl (C=O) groups excluding carboxylic acids is 2. The van der Waals surface area contributed by atoms with Crippen LogP contribution in [-0.4, -0.2) is 75.7 Å². The molecule has 9 heteroatoms. The molecule has 30 heavy (non-hydrogen) atoms. The third-order valence-corrected chi connectivity index (χ3v) is 6.58. The number of benzene rings is 1. The molecule has 0 aliphatic carbocycles. The molecular formula is C21H30N4O4S. The van der Waals surface area contributed by atoms with Crippen molar-refractivity contribution in [2.45, 2.75) is 50.4 Å². The first kappa shape index (κ1) is 22.4. The quantitative estimate of drug-likeness (QED) is 0.609. The van der Waals surface area contributed by atoms with Crippen LogP contribution in [0.25, 0.3) is 0 Å². The minimum atomic E-state index is -0.984. The molecule has 1 aromatic carbocycles. The third kappa shape index (κ3) is 4.57. The van der Waals surface area contributed by atoms with E-state index < -0.39 is 17.7 Å². The van der Waals surface area contributed by atoms with E-state index in [-0.39, 0.29) is 18.0 Å². The number of hydrogen-bond donors (Lipinski definition) is 3. The van der Waals surface area contributed by atoms with Gasteiger partial charge < -0.3 is 20.2 Å². The second kappa shape index (κ2) is 9.70. The minimum Gasteiger partial charge on any atom is -0.480 e. The normalized spacial score (nSPS) is 21.7. The molecule has 2 aliphatic heterocycles. The number of carbonyl (C=O) groups is 3. The number of hydrogen-bond acceptors (Lipinski definition) is 5. The first-order chi connectivity index (χ1) is 14.4. The second-order valence-corrected chi connectivity index (χ2v) is 8.75. The van der Waals surface area contributed by atoms with E-state index in [2.05, 4.69) is 10.6 Å². The summed E-state index contributed by atoms with van der Waals surface area (Å²) in [6.07, 6.45) is 3.99. The van der Waals surface area contributed by atoms with Crippen molar-refractivity contribution in [3.05, 3.63) is 30.3 Å². The van der Waals surface area contributed by atoms with Crippen LogP contribution >= 0.6 is 11.8 Å². The number of para-hydroxylation sites is 1. The summed E-state index contributed by atoms with van der Waals surface area (Å²) in [6, 6.07) is 7.84. The standard InChI is InChI=1S/C21H30N4O4S/c1-3-17(19(27)28)25-18(26)16(9-14-30-2)23-21(25)10-12-24(13-11-21)20(29)22-15-7-5-4-6-8-15/h4-8,16-17,23H,3,9-14H2,1-2H3,(H,22,29)(H,27,28). The summed E-state index contributed by atoms with van der Waals surface area (Å²) < 4.78 is 0. The number of carboxylic acid groups (broad SMARTS) is 1. The Balaban J connectivity index is 1.73. The number of carboxylic acids is 1. The fourth-order valence-electron chi connectivity index (χ4n) is 4.37. The molecule has 2 aliphatic rings. The molecule has 1 spiro atoms. The van der Waals surface area contributed by atoms with Crippen molar-refractivity contribution < 1.29 is 19.5 Å². The van der Waals surface area contributed by atoms with Crippen molar-refractivity contribution in [1.29, 1.82) is 0 Å². The van der Waals surface area contributed by atoms with Crippen molar-refractivity contribution in [1.82, 2.24) is 15.1 Å². The van der Waals surface area contributed by atoms with Gasteiger partial charge in [-0.2, -0.15) is 11.8 Å². The fourth-order valence-corrected chi connectivity index (χ4v) is 4.85. The molecule has 2 saturated heterocycles. The van der Waals surface area contributed by atoms with Gasteiger partial charge in [0.2, 0.25) is 5.91 Å². The largest absolute Gasteiger partial charge is 0.480 e. The molecule has 8 nitrogen and oxygen atoms in total. The van der Waals surface area contributed by atoms with Crippen LogP contribution < -0.4 is 10.6 Å². The molecule has 3 N–H and O–H groups in total. The summed E-state index contributed by atoms with van der Waals surface area (Å²) in [5.41, 5.74) is 0.00980. The van der Waals surface area contributed by atoms with E-state index in [0.717, 1.165) is 11.4 Å². The second-order valence-electron chi connectivity index (χ2n) is 7.76. The van der Waals surface area contributed by atoms with E-state index in [1.807, 2.05) is 36.6 Å². The maximum absolute atomic E-state index is 13.1. The Morgan fingerprint density at radius 2 is 1.97 bits per heavy atom. The Hall–Kier alpha value is -2.26. The number of rotatable bonds is 7. The van der Waals surface area contributed by atoms with Gasteiger partial charge in [0.1, 0.15) is 6.04 Å². The lowest BCUT2D eigenvalue weighted by Crippen LogP contribution is -2.63. The summed E-state index contributed by atoms with van der Waals surface area (Å²) in [7, 11) is 0. The summed E-state index contributed by atoms with van der Waals surface area (Å²) >= 11 is 1.66.